The lowest BCUT2D eigenvalue weighted by atomic mass is 10.0. The van der Waals surface area contributed by atoms with Crippen molar-refractivity contribution in [3.8, 4) is 5.75 Å². The number of benzene rings is 2. The SMILES string of the molecule is C=C=Nc1ccc2cc(O)cc(C=O)c2c1. The summed E-state index contributed by atoms with van der Waals surface area (Å²) in [5.41, 5.74) is 1.12. The number of nitrogens with zero attached hydrogens (tertiary/aromatic N) is 1. The highest BCUT2D eigenvalue weighted by atomic mass is 16.3. The van der Waals surface area contributed by atoms with Crippen molar-refractivity contribution in [1.82, 2.24) is 0 Å². The van der Waals surface area contributed by atoms with Gasteiger partial charge in [-0.05, 0) is 47.5 Å². The monoisotopic (exact) mass is 211 g/mol. The Bertz CT molecular complexity index is 611. The van der Waals surface area contributed by atoms with Gasteiger partial charge in [0.05, 0.1) is 5.69 Å². The van der Waals surface area contributed by atoms with Crippen molar-refractivity contribution in [2.45, 2.75) is 0 Å². The lowest BCUT2D eigenvalue weighted by molar-refractivity contribution is 0.112. The molecule has 0 fully saturated rings. The van der Waals surface area contributed by atoms with E-state index in [4.69, 9.17) is 0 Å². The minimum absolute atomic E-state index is 0.0783. The molecular weight excluding hydrogens is 202 g/mol. The van der Waals surface area contributed by atoms with Crippen LogP contribution in [0, 0.1) is 0 Å². The van der Waals surface area contributed by atoms with Gasteiger partial charge in [0.15, 0.2) is 6.29 Å². The molecule has 3 nitrogen and oxygen atoms in total. The molecule has 0 aromatic heterocycles. The quantitative estimate of drug-likeness (QED) is 0.613. The van der Waals surface area contributed by atoms with Gasteiger partial charge >= 0.3 is 0 Å². The molecule has 2 aromatic rings. The van der Waals surface area contributed by atoms with E-state index in [-0.39, 0.29) is 5.75 Å². The van der Waals surface area contributed by atoms with Crippen LogP contribution in [0.25, 0.3) is 10.8 Å². The highest BCUT2D eigenvalue weighted by molar-refractivity contribution is 6.00. The average molecular weight is 211 g/mol. The number of carbonyl (C=O) groups excluding carboxylic acids is 1. The number of fused-ring (bicyclic) bond motifs is 1. The minimum atomic E-state index is 0.0783. The molecule has 0 spiro atoms. The normalized spacial score (nSPS) is 9.75. The molecule has 1 N–H and O–H groups in total. The van der Waals surface area contributed by atoms with Crippen LogP contribution in [0.5, 0.6) is 5.75 Å². The van der Waals surface area contributed by atoms with E-state index in [0.29, 0.717) is 17.5 Å². The Hall–Kier alpha value is -2.38. The van der Waals surface area contributed by atoms with Gasteiger partial charge in [-0.2, -0.15) is 0 Å². The number of phenols is 1. The topological polar surface area (TPSA) is 49.7 Å². The van der Waals surface area contributed by atoms with Crippen LogP contribution < -0.4 is 0 Å². The van der Waals surface area contributed by atoms with Crippen LogP contribution in [0.1, 0.15) is 10.4 Å². The predicted octanol–water partition coefficient (Wildman–Crippen LogP) is 2.85. The van der Waals surface area contributed by atoms with Crippen molar-refractivity contribution in [2.24, 2.45) is 4.99 Å². The van der Waals surface area contributed by atoms with Gasteiger partial charge < -0.3 is 5.11 Å². The van der Waals surface area contributed by atoms with Gasteiger partial charge in [0.2, 0.25) is 0 Å². The van der Waals surface area contributed by atoms with Gasteiger partial charge in [0.1, 0.15) is 5.75 Å². The van der Waals surface area contributed by atoms with Crippen molar-refractivity contribution < 1.29 is 9.90 Å². The molecule has 2 rings (SSSR count). The molecule has 0 heterocycles. The Morgan fingerprint density at radius 1 is 1.31 bits per heavy atom. The summed E-state index contributed by atoms with van der Waals surface area (Å²) in [7, 11) is 0. The molecular formula is C13H9NO2. The largest absolute Gasteiger partial charge is 0.508 e. The molecule has 0 bridgehead atoms. The first kappa shape index (κ1) is 10.1. The number of phenolic OH excluding ortho intramolecular Hbond substituents is 1. The third-order valence-electron chi connectivity index (χ3n) is 2.29. The molecule has 2 aromatic carbocycles. The molecule has 78 valence electrons. The van der Waals surface area contributed by atoms with Crippen LogP contribution in [0.3, 0.4) is 0 Å². The van der Waals surface area contributed by atoms with Crippen LogP contribution in [-0.4, -0.2) is 17.3 Å². The fourth-order valence-electron chi connectivity index (χ4n) is 1.62. The number of aldehydes is 1. The van der Waals surface area contributed by atoms with Gasteiger partial charge in [0, 0.05) is 5.56 Å². The molecule has 0 aliphatic carbocycles. The van der Waals surface area contributed by atoms with Gasteiger partial charge in [-0.25, -0.2) is 4.99 Å². The molecule has 0 amide bonds. The summed E-state index contributed by atoms with van der Waals surface area (Å²) in [6.45, 7) is 3.39. The number of aliphatic imine (C=N–C) groups is 1. The maximum atomic E-state index is 10.9. The van der Waals surface area contributed by atoms with Gasteiger partial charge in [0.25, 0.3) is 0 Å². The fraction of sp³-hybridized carbons (Fsp3) is 0. The second kappa shape index (κ2) is 4.01. The maximum absolute atomic E-state index is 10.9. The summed E-state index contributed by atoms with van der Waals surface area (Å²) < 4.78 is 0. The molecule has 0 saturated heterocycles. The lowest BCUT2D eigenvalue weighted by Crippen LogP contribution is -1.83. The molecule has 0 aliphatic heterocycles. The highest BCUT2D eigenvalue weighted by Gasteiger charge is 2.03. The van der Waals surface area contributed by atoms with E-state index in [1.54, 1.807) is 24.3 Å². The zero-order valence-electron chi connectivity index (χ0n) is 8.47. The smallest absolute Gasteiger partial charge is 0.150 e. The number of hydrogen-bond donors (Lipinski definition) is 1. The second-order valence-electron chi connectivity index (χ2n) is 3.33. The van der Waals surface area contributed by atoms with Crippen LogP contribution in [0.2, 0.25) is 0 Å². The van der Waals surface area contributed by atoms with Crippen LogP contribution in [-0.2, 0) is 0 Å². The third-order valence-corrected chi connectivity index (χ3v) is 2.29. The van der Waals surface area contributed by atoms with E-state index in [2.05, 4.69) is 17.4 Å². The van der Waals surface area contributed by atoms with Crippen molar-refractivity contribution in [3.63, 3.8) is 0 Å². The molecule has 3 heteroatoms. The first-order valence-electron chi connectivity index (χ1n) is 4.69. The molecule has 16 heavy (non-hydrogen) atoms. The van der Waals surface area contributed by atoms with Crippen molar-refractivity contribution >= 4 is 28.6 Å². The Morgan fingerprint density at radius 2 is 2.12 bits per heavy atom. The Morgan fingerprint density at radius 3 is 2.81 bits per heavy atom. The zero-order valence-corrected chi connectivity index (χ0v) is 8.47. The fourth-order valence-corrected chi connectivity index (χ4v) is 1.62. The minimum Gasteiger partial charge on any atom is -0.508 e. The molecule has 0 saturated carbocycles. The molecule has 0 radical (unpaired) electrons. The van der Waals surface area contributed by atoms with Crippen molar-refractivity contribution in [2.75, 3.05) is 0 Å². The van der Waals surface area contributed by atoms with Gasteiger partial charge in [-0.1, -0.05) is 6.07 Å². The van der Waals surface area contributed by atoms with Gasteiger partial charge in [-0.3, -0.25) is 4.79 Å². The summed E-state index contributed by atoms with van der Waals surface area (Å²) in [6, 6.07) is 8.35. The van der Waals surface area contributed by atoms with E-state index in [9.17, 15) is 9.90 Å². The number of rotatable bonds is 2. The van der Waals surface area contributed by atoms with Crippen LogP contribution >= 0.6 is 0 Å². The summed E-state index contributed by atoms with van der Waals surface area (Å²) in [6.07, 6.45) is 0.712. The van der Waals surface area contributed by atoms with E-state index in [1.165, 1.54) is 6.07 Å². The Kier molecular flexibility index (Phi) is 2.54. The lowest BCUT2D eigenvalue weighted by Gasteiger charge is -2.03. The summed E-state index contributed by atoms with van der Waals surface area (Å²) in [5, 5.41) is 11.0. The molecule has 0 unspecified atom stereocenters. The number of carbonyl (C=O) groups is 1. The summed E-state index contributed by atoms with van der Waals surface area (Å²) in [4.78, 5) is 14.8. The first-order chi connectivity index (χ1) is 7.74. The van der Waals surface area contributed by atoms with Crippen molar-refractivity contribution in [1.29, 1.82) is 0 Å². The predicted molar refractivity (Wildman–Crippen MR) is 63.7 cm³/mol. The Labute approximate surface area is 92.4 Å². The number of hydrogen-bond acceptors (Lipinski definition) is 3. The van der Waals surface area contributed by atoms with Crippen LogP contribution in [0.4, 0.5) is 5.69 Å². The second-order valence-corrected chi connectivity index (χ2v) is 3.33. The van der Waals surface area contributed by atoms with E-state index >= 15 is 0 Å². The standard InChI is InChI=1S/C13H9NO2/c1-2-14-11-4-3-9-5-12(16)6-10(8-15)13(9)7-11/h3-8,16H,1H2. The summed E-state index contributed by atoms with van der Waals surface area (Å²) >= 11 is 0. The number of aromatic hydroxyl groups is 1. The maximum Gasteiger partial charge on any atom is 0.150 e. The Balaban J connectivity index is 2.80. The zero-order chi connectivity index (χ0) is 11.5. The highest BCUT2D eigenvalue weighted by Crippen LogP contribution is 2.27. The first-order valence-corrected chi connectivity index (χ1v) is 4.69. The van der Waals surface area contributed by atoms with E-state index < -0.39 is 0 Å². The average Bonchev–Trinajstić information content (AvgIpc) is 2.29. The molecule has 0 atom stereocenters. The van der Waals surface area contributed by atoms with Crippen molar-refractivity contribution in [3.05, 3.63) is 42.5 Å². The van der Waals surface area contributed by atoms with Crippen LogP contribution in [0.15, 0.2) is 41.9 Å². The summed E-state index contributed by atoms with van der Waals surface area (Å²) in [5.74, 6) is 2.51. The van der Waals surface area contributed by atoms with E-state index in [0.717, 1.165) is 10.8 Å². The third kappa shape index (κ3) is 1.72. The van der Waals surface area contributed by atoms with E-state index in [1.807, 2.05) is 0 Å². The van der Waals surface area contributed by atoms with Gasteiger partial charge in [-0.15, -0.1) is 0 Å². The molecule has 0 aliphatic rings.